The number of imidazole rings is 2. The number of amides is 4. The topological polar surface area (TPSA) is 184 Å². The number of rotatable bonds is 10. The van der Waals surface area contributed by atoms with E-state index in [1.54, 1.807) is 0 Å². The van der Waals surface area contributed by atoms with Gasteiger partial charge in [-0.05, 0) is 97.2 Å². The summed E-state index contributed by atoms with van der Waals surface area (Å²) >= 11 is 0. The van der Waals surface area contributed by atoms with E-state index in [0.717, 1.165) is 93.4 Å². The Morgan fingerprint density at radius 1 is 0.820 bits per heavy atom. The number of nitrogens with one attached hydrogen (secondary N) is 4. The monoisotopic (exact) mass is 832 g/mol. The summed E-state index contributed by atoms with van der Waals surface area (Å²) in [6.07, 6.45) is 4.52. The van der Waals surface area contributed by atoms with Crippen LogP contribution in [0.4, 0.5) is 9.59 Å². The second-order valence-electron chi connectivity index (χ2n) is 17.3. The summed E-state index contributed by atoms with van der Waals surface area (Å²) < 4.78 is 16.1. The number of aromatic nitrogens is 4. The van der Waals surface area contributed by atoms with Crippen LogP contribution >= 0.6 is 0 Å². The van der Waals surface area contributed by atoms with E-state index < -0.39 is 24.3 Å². The maximum Gasteiger partial charge on any atom is 0.407 e. The summed E-state index contributed by atoms with van der Waals surface area (Å²) in [5.74, 6) is 1.66. The lowest BCUT2D eigenvalue weighted by Gasteiger charge is -2.33. The number of nitrogens with zero attached hydrogens (tertiary/aromatic N) is 4. The number of aromatic amines is 2. The number of hydrogen-bond donors (Lipinski definition) is 4. The van der Waals surface area contributed by atoms with Crippen LogP contribution < -0.4 is 15.4 Å². The first-order chi connectivity index (χ1) is 29.3. The molecule has 4 amide bonds. The summed E-state index contributed by atoms with van der Waals surface area (Å²) in [4.78, 5) is 73.0. The lowest BCUT2D eigenvalue weighted by molar-refractivity contribution is -0.138. The van der Waals surface area contributed by atoms with Gasteiger partial charge in [-0.2, -0.15) is 0 Å². The van der Waals surface area contributed by atoms with Crippen molar-refractivity contribution in [2.75, 3.05) is 14.2 Å². The fourth-order valence-corrected chi connectivity index (χ4v) is 9.51. The molecular formula is C46H56N8O7. The minimum Gasteiger partial charge on any atom is -0.488 e. The number of H-pyrrole nitrogens is 2. The third-order valence-electron chi connectivity index (χ3n) is 12.8. The van der Waals surface area contributed by atoms with Gasteiger partial charge >= 0.3 is 12.2 Å². The minimum atomic E-state index is -0.724. The maximum absolute atomic E-state index is 14.1. The fraction of sp³-hybridized carbons (Fsp3) is 0.478. The summed E-state index contributed by atoms with van der Waals surface area (Å²) in [5.41, 5.74) is 6.60. The van der Waals surface area contributed by atoms with Gasteiger partial charge in [-0.15, -0.1) is 0 Å². The van der Waals surface area contributed by atoms with Crippen molar-refractivity contribution in [3.8, 4) is 28.1 Å². The van der Waals surface area contributed by atoms with Crippen LogP contribution in [0.25, 0.3) is 44.2 Å². The van der Waals surface area contributed by atoms with E-state index in [4.69, 9.17) is 24.2 Å². The van der Waals surface area contributed by atoms with E-state index >= 15 is 0 Å². The number of likely N-dealkylation sites (tertiary alicyclic amines) is 2. The third kappa shape index (κ3) is 7.63. The molecule has 2 unspecified atom stereocenters. The standard InChI is InChI=1S/C46H56N8O7/c1-9-29-13-17-36(54(29)44(56)39(24(4)5)52-46(58)60-8)42-48-33-15-12-26-19-32-30-14-11-27(18-28(30)22-61-37(32)20-31(26)40(33)50-42)34-21-47-41(49-34)35-16-10-25(6)53(35)43(55)38(23(2)3)51-45(57)59-7/h11-12,14-15,18-21,23-25,29,35-36,38-39H,9-10,13,16-17,22H2,1-8H3,(H,47,49)(H,48,50)(H,51,57)(H,52,58)/t25-,29-,35?,36?,38-,39-/m0/s1. The molecule has 0 radical (unpaired) electrons. The Hall–Kier alpha value is -6.12. The van der Waals surface area contributed by atoms with Gasteiger partial charge in [0.1, 0.15) is 36.1 Å². The summed E-state index contributed by atoms with van der Waals surface area (Å²) in [5, 5.41) is 7.46. The van der Waals surface area contributed by atoms with Gasteiger partial charge in [0.15, 0.2) is 0 Å². The lowest BCUT2D eigenvalue weighted by atomic mass is 9.92. The molecule has 0 saturated carbocycles. The molecule has 5 aromatic rings. The van der Waals surface area contributed by atoms with Crippen molar-refractivity contribution in [1.29, 1.82) is 0 Å². The van der Waals surface area contributed by atoms with Gasteiger partial charge in [0.2, 0.25) is 11.8 Å². The van der Waals surface area contributed by atoms with E-state index in [9.17, 15) is 19.2 Å². The molecule has 3 aromatic carbocycles. The van der Waals surface area contributed by atoms with Crippen LogP contribution in [0.3, 0.4) is 0 Å². The SMILES string of the molecule is CC[C@H]1CCC(c2nc3c(ccc4cc5c(cc43)OCc3cc(-c4cnc(C6CC[C@H](C)N6C(=O)[C@@H](NC(=O)OC)C(C)C)[nH]4)ccc3-5)[nH]2)N1C(=O)[C@@H](NC(=O)OC)C(C)C. The molecule has 3 aliphatic heterocycles. The normalized spacial score (nSPS) is 20.7. The van der Waals surface area contributed by atoms with Gasteiger partial charge < -0.3 is 44.6 Å². The van der Waals surface area contributed by atoms with Gasteiger partial charge in [0, 0.05) is 23.0 Å². The Bertz CT molecular complexity index is 2490. The Balaban J connectivity index is 1.05. The van der Waals surface area contributed by atoms with Crippen LogP contribution in [0.15, 0.2) is 48.7 Å². The van der Waals surface area contributed by atoms with Gasteiger partial charge in [0.05, 0.1) is 49.2 Å². The van der Waals surface area contributed by atoms with E-state index in [0.29, 0.717) is 12.4 Å². The number of alkyl carbamates (subject to hydrolysis) is 2. The van der Waals surface area contributed by atoms with Crippen molar-refractivity contribution in [1.82, 2.24) is 40.4 Å². The van der Waals surface area contributed by atoms with Gasteiger partial charge in [0.25, 0.3) is 0 Å². The third-order valence-corrected chi connectivity index (χ3v) is 12.8. The molecule has 3 aliphatic rings. The highest BCUT2D eigenvalue weighted by Crippen LogP contribution is 2.44. The zero-order chi connectivity index (χ0) is 43.3. The quantitative estimate of drug-likeness (QED) is 0.109. The molecule has 322 valence electrons. The number of methoxy groups -OCH3 is 2. The van der Waals surface area contributed by atoms with Crippen molar-refractivity contribution in [3.05, 3.63) is 65.9 Å². The van der Waals surface area contributed by atoms with Gasteiger partial charge in [-0.1, -0.05) is 52.8 Å². The molecular weight excluding hydrogens is 777 g/mol. The van der Waals surface area contributed by atoms with E-state index in [1.165, 1.54) is 14.2 Å². The van der Waals surface area contributed by atoms with Gasteiger partial charge in [-0.3, -0.25) is 9.59 Å². The highest BCUT2D eigenvalue weighted by atomic mass is 16.5. The zero-order valence-electron chi connectivity index (χ0n) is 36.1. The molecule has 6 atom stereocenters. The first-order valence-corrected chi connectivity index (χ1v) is 21.4. The molecule has 8 rings (SSSR count). The minimum absolute atomic E-state index is 0.0160. The summed E-state index contributed by atoms with van der Waals surface area (Å²) in [7, 11) is 2.59. The Labute approximate surface area is 355 Å². The predicted molar refractivity (Wildman–Crippen MR) is 230 cm³/mol. The molecule has 15 heteroatoms. The molecule has 0 bridgehead atoms. The second kappa shape index (κ2) is 16.7. The largest absolute Gasteiger partial charge is 0.488 e. The second-order valence-corrected chi connectivity index (χ2v) is 17.3. The number of ether oxygens (including phenoxy) is 3. The first-order valence-electron chi connectivity index (χ1n) is 21.4. The van der Waals surface area contributed by atoms with E-state index in [2.05, 4.69) is 63.9 Å². The van der Waals surface area contributed by atoms with Crippen molar-refractivity contribution in [2.24, 2.45) is 11.8 Å². The highest BCUT2D eigenvalue weighted by Gasteiger charge is 2.43. The van der Waals surface area contributed by atoms with Crippen molar-refractivity contribution >= 4 is 45.8 Å². The lowest BCUT2D eigenvalue weighted by Crippen LogP contribution is -2.53. The molecule has 0 spiro atoms. The average Bonchev–Trinajstić information content (AvgIpc) is 4.08. The van der Waals surface area contributed by atoms with Crippen LogP contribution in [0.2, 0.25) is 0 Å². The number of fused-ring (bicyclic) bond motifs is 6. The van der Waals surface area contributed by atoms with Crippen molar-refractivity contribution in [3.63, 3.8) is 0 Å². The highest BCUT2D eigenvalue weighted by molar-refractivity contribution is 6.07. The summed E-state index contributed by atoms with van der Waals surface area (Å²) in [6, 6.07) is 12.7. The van der Waals surface area contributed by atoms with Crippen molar-refractivity contribution < 1.29 is 33.4 Å². The zero-order valence-corrected chi connectivity index (χ0v) is 36.1. The number of carbonyl (C=O) groups is 4. The first kappa shape index (κ1) is 41.6. The molecule has 5 heterocycles. The average molecular weight is 833 g/mol. The molecule has 2 saturated heterocycles. The fourth-order valence-electron chi connectivity index (χ4n) is 9.51. The Kier molecular flexibility index (Phi) is 11.4. The van der Waals surface area contributed by atoms with Crippen LogP contribution in [0.5, 0.6) is 5.75 Å². The molecule has 0 aliphatic carbocycles. The molecule has 2 aromatic heterocycles. The smallest absolute Gasteiger partial charge is 0.407 e. The van der Waals surface area contributed by atoms with Crippen LogP contribution in [0.1, 0.15) is 103 Å². The predicted octanol–water partition coefficient (Wildman–Crippen LogP) is 7.92. The molecule has 15 nitrogen and oxygen atoms in total. The van der Waals surface area contributed by atoms with E-state index in [-0.39, 0.29) is 47.8 Å². The molecule has 61 heavy (non-hydrogen) atoms. The summed E-state index contributed by atoms with van der Waals surface area (Å²) in [6.45, 7) is 12.1. The van der Waals surface area contributed by atoms with Crippen molar-refractivity contribution in [2.45, 2.75) is 117 Å². The van der Waals surface area contributed by atoms with E-state index in [1.807, 2.05) is 56.7 Å². The number of hydrogen-bond acceptors (Lipinski definition) is 9. The Morgan fingerprint density at radius 3 is 2.16 bits per heavy atom. The maximum atomic E-state index is 14.1. The van der Waals surface area contributed by atoms with Gasteiger partial charge in [-0.25, -0.2) is 19.6 Å². The molecule has 2 fully saturated rings. The van der Waals surface area contributed by atoms with Crippen LogP contribution in [0, 0.1) is 11.8 Å². The van der Waals surface area contributed by atoms with Crippen LogP contribution in [-0.4, -0.2) is 92.1 Å². The Morgan fingerprint density at radius 2 is 1.49 bits per heavy atom. The number of benzene rings is 3. The molecule has 4 N–H and O–H groups in total. The number of carbonyl (C=O) groups excluding carboxylic acids is 4. The van der Waals surface area contributed by atoms with Crippen LogP contribution in [-0.2, 0) is 25.7 Å².